The van der Waals surface area contributed by atoms with Crippen LogP contribution in [0, 0.1) is 6.92 Å². The van der Waals surface area contributed by atoms with Gasteiger partial charge in [0, 0.05) is 38.6 Å². The van der Waals surface area contributed by atoms with Crippen LogP contribution in [0.3, 0.4) is 0 Å². The number of pyridine rings is 1. The Balaban J connectivity index is 1.80. The normalized spacial score (nSPS) is 11.5. The van der Waals surface area contributed by atoms with Gasteiger partial charge < -0.3 is 5.32 Å². The summed E-state index contributed by atoms with van der Waals surface area (Å²) in [6.45, 7) is 1.70. The molecule has 0 aliphatic carbocycles. The molecule has 7 heteroatoms. The number of hydrogen-bond donors (Lipinski definition) is 1. The number of aromatic nitrogens is 1. The van der Waals surface area contributed by atoms with Crippen LogP contribution in [0.15, 0.2) is 72.8 Å². The minimum Gasteiger partial charge on any atom is -0.354 e. The molecule has 3 nitrogen and oxygen atoms in total. The van der Waals surface area contributed by atoms with Crippen molar-refractivity contribution in [3.63, 3.8) is 0 Å². The number of benzene rings is 3. The summed E-state index contributed by atoms with van der Waals surface area (Å²) >= 11 is 6.14. The van der Waals surface area contributed by atoms with Gasteiger partial charge in [0.05, 0.1) is 11.1 Å². The van der Waals surface area contributed by atoms with E-state index in [2.05, 4.69) is 10.3 Å². The average molecular weight is 441 g/mol. The fourth-order valence-electron chi connectivity index (χ4n) is 3.34. The zero-order valence-electron chi connectivity index (χ0n) is 16.3. The van der Waals surface area contributed by atoms with Crippen molar-refractivity contribution in [1.29, 1.82) is 0 Å². The number of alkyl halides is 3. The van der Waals surface area contributed by atoms with E-state index < -0.39 is 11.7 Å². The zero-order valence-corrected chi connectivity index (χ0v) is 17.1. The lowest BCUT2D eigenvalue weighted by atomic mass is 10.0. The maximum absolute atomic E-state index is 13.1. The molecule has 0 aliphatic heterocycles. The number of rotatable bonds is 4. The molecule has 156 valence electrons. The largest absolute Gasteiger partial charge is 0.416 e. The summed E-state index contributed by atoms with van der Waals surface area (Å²) in [4.78, 5) is 17.3. The van der Waals surface area contributed by atoms with Crippen LogP contribution >= 0.6 is 11.6 Å². The van der Waals surface area contributed by atoms with Crippen molar-refractivity contribution >= 4 is 39.7 Å². The summed E-state index contributed by atoms with van der Waals surface area (Å²) in [5, 5.41) is 4.10. The van der Waals surface area contributed by atoms with E-state index in [-0.39, 0.29) is 11.3 Å². The maximum atomic E-state index is 13.1. The molecule has 1 N–H and O–H groups in total. The first kappa shape index (κ1) is 20.9. The number of halogens is 4. The lowest BCUT2D eigenvalue weighted by Crippen LogP contribution is -2.07. The van der Waals surface area contributed by atoms with Crippen LogP contribution in [0.4, 0.5) is 24.5 Å². The first-order valence-electron chi connectivity index (χ1n) is 9.37. The molecule has 0 aliphatic rings. The van der Waals surface area contributed by atoms with Crippen molar-refractivity contribution in [2.75, 3.05) is 5.32 Å². The topological polar surface area (TPSA) is 42.0 Å². The van der Waals surface area contributed by atoms with Crippen LogP contribution in [-0.2, 0) is 6.18 Å². The third-order valence-corrected chi connectivity index (χ3v) is 5.03. The Morgan fingerprint density at radius 1 is 0.935 bits per heavy atom. The van der Waals surface area contributed by atoms with E-state index in [4.69, 9.17) is 11.6 Å². The van der Waals surface area contributed by atoms with Crippen molar-refractivity contribution in [1.82, 2.24) is 4.98 Å². The number of carbonyl (C=O) groups is 1. The first-order valence-corrected chi connectivity index (χ1v) is 9.75. The molecule has 4 rings (SSSR count). The van der Waals surface area contributed by atoms with Crippen LogP contribution in [-0.4, -0.2) is 10.8 Å². The molecule has 0 bridgehead atoms. The lowest BCUT2D eigenvalue weighted by molar-refractivity contribution is -0.137. The lowest BCUT2D eigenvalue weighted by Gasteiger charge is -2.15. The highest BCUT2D eigenvalue weighted by Crippen LogP contribution is 2.35. The highest BCUT2D eigenvalue weighted by molar-refractivity contribution is 6.31. The van der Waals surface area contributed by atoms with Crippen LogP contribution in [0.1, 0.15) is 27.2 Å². The second-order valence-corrected chi connectivity index (χ2v) is 7.49. The number of ketones is 1. The summed E-state index contributed by atoms with van der Waals surface area (Å²) in [5.74, 6) is -0.222. The second-order valence-electron chi connectivity index (χ2n) is 7.05. The Morgan fingerprint density at radius 3 is 2.39 bits per heavy atom. The molecule has 31 heavy (non-hydrogen) atoms. The smallest absolute Gasteiger partial charge is 0.354 e. The summed E-state index contributed by atoms with van der Waals surface area (Å²) in [6.07, 6.45) is -4.46. The van der Waals surface area contributed by atoms with Gasteiger partial charge in [-0.15, -0.1) is 0 Å². The number of aryl methyl sites for hydroxylation is 1. The van der Waals surface area contributed by atoms with Crippen LogP contribution < -0.4 is 5.32 Å². The van der Waals surface area contributed by atoms with E-state index in [0.717, 1.165) is 12.1 Å². The molecule has 0 saturated heterocycles. The van der Waals surface area contributed by atoms with Gasteiger partial charge in [-0.3, -0.25) is 9.78 Å². The Kier molecular flexibility index (Phi) is 5.41. The van der Waals surface area contributed by atoms with E-state index in [0.29, 0.717) is 38.6 Å². The van der Waals surface area contributed by atoms with E-state index in [1.165, 1.54) is 6.07 Å². The molecule has 0 fully saturated rings. The second kappa shape index (κ2) is 8.04. The third-order valence-electron chi connectivity index (χ3n) is 4.80. The van der Waals surface area contributed by atoms with Crippen molar-refractivity contribution in [2.24, 2.45) is 0 Å². The van der Waals surface area contributed by atoms with Crippen molar-refractivity contribution in [3.05, 3.63) is 100 Å². The van der Waals surface area contributed by atoms with Gasteiger partial charge in [-0.25, -0.2) is 0 Å². The Morgan fingerprint density at radius 2 is 1.68 bits per heavy atom. The average Bonchev–Trinajstić information content (AvgIpc) is 2.74. The van der Waals surface area contributed by atoms with Gasteiger partial charge in [0.1, 0.15) is 0 Å². The van der Waals surface area contributed by atoms with Gasteiger partial charge >= 0.3 is 6.18 Å². The highest BCUT2D eigenvalue weighted by Gasteiger charge is 2.30. The molecule has 1 aromatic heterocycles. The molecule has 0 amide bonds. The van der Waals surface area contributed by atoms with Crippen LogP contribution in [0.25, 0.3) is 10.9 Å². The summed E-state index contributed by atoms with van der Waals surface area (Å²) in [5.41, 5.74) is 1.87. The molecule has 3 aromatic carbocycles. The number of hydrogen-bond acceptors (Lipinski definition) is 3. The van der Waals surface area contributed by atoms with Crippen LogP contribution in [0.2, 0.25) is 5.02 Å². The predicted molar refractivity (Wildman–Crippen MR) is 116 cm³/mol. The summed E-state index contributed by atoms with van der Waals surface area (Å²) in [7, 11) is 0. The van der Waals surface area contributed by atoms with Crippen molar-refractivity contribution in [2.45, 2.75) is 13.1 Å². The predicted octanol–water partition coefficient (Wildman–Crippen LogP) is 7.19. The molecule has 0 unspecified atom stereocenters. The molecular weight excluding hydrogens is 425 g/mol. The highest BCUT2D eigenvalue weighted by atomic mass is 35.5. The van der Waals surface area contributed by atoms with E-state index in [1.807, 2.05) is 6.07 Å². The minimum absolute atomic E-state index is 0.210. The van der Waals surface area contributed by atoms with E-state index in [1.54, 1.807) is 55.5 Å². The SMILES string of the molecule is Cc1cc(Nc2ccc(Cl)cc2C(=O)c2ccccc2)c2ccc(C(F)(F)F)cc2n1. The molecule has 1 heterocycles. The van der Waals surface area contributed by atoms with E-state index in [9.17, 15) is 18.0 Å². The molecule has 4 aromatic rings. The number of carbonyl (C=O) groups excluding carboxylic acids is 1. The maximum Gasteiger partial charge on any atom is 0.416 e. The number of fused-ring (bicyclic) bond motifs is 1. The molecule has 0 atom stereocenters. The standard InChI is InChI=1S/C24H16ClF3N2O/c1-14-11-21(18-9-7-16(24(26,27)28)12-22(18)29-14)30-20-10-8-17(25)13-19(20)23(31)15-5-3-2-4-6-15/h2-13H,1H3,(H,29,30). The van der Waals surface area contributed by atoms with Gasteiger partial charge in [-0.2, -0.15) is 13.2 Å². The quantitative estimate of drug-likeness (QED) is 0.341. The summed E-state index contributed by atoms with van der Waals surface area (Å²) in [6, 6.07) is 18.8. The van der Waals surface area contributed by atoms with Crippen molar-refractivity contribution < 1.29 is 18.0 Å². The monoisotopic (exact) mass is 440 g/mol. The van der Waals surface area contributed by atoms with Gasteiger partial charge in [0.15, 0.2) is 5.78 Å². The Labute approximate surface area is 181 Å². The molecular formula is C24H16ClF3N2O. The fourth-order valence-corrected chi connectivity index (χ4v) is 3.52. The molecule has 0 spiro atoms. The zero-order chi connectivity index (χ0) is 22.2. The number of anilines is 2. The fraction of sp³-hybridized carbons (Fsp3) is 0.0833. The van der Waals surface area contributed by atoms with Crippen molar-refractivity contribution in [3.8, 4) is 0 Å². The van der Waals surface area contributed by atoms with Gasteiger partial charge in [-0.05, 0) is 43.3 Å². The minimum atomic E-state index is -4.46. The third kappa shape index (κ3) is 4.39. The first-order chi connectivity index (χ1) is 14.7. The Bertz CT molecular complexity index is 1290. The van der Waals surface area contributed by atoms with Crippen LogP contribution in [0.5, 0.6) is 0 Å². The Hall–Kier alpha value is -3.38. The summed E-state index contributed by atoms with van der Waals surface area (Å²) < 4.78 is 39.3. The van der Waals surface area contributed by atoms with Gasteiger partial charge in [-0.1, -0.05) is 48.0 Å². The molecule has 0 radical (unpaired) electrons. The number of nitrogens with zero attached hydrogens (tertiary/aromatic N) is 1. The van der Waals surface area contributed by atoms with E-state index >= 15 is 0 Å². The number of nitrogens with one attached hydrogen (secondary N) is 1. The van der Waals surface area contributed by atoms with Gasteiger partial charge in [0.2, 0.25) is 0 Å². The van der Waals surface area contributed by atoms with Gasteiger partial charge in [0.25, 0.3) is 0 Å². The molecule has 0 saturated carbocycles.